The fraction of sp³-hybridized carbons (Fsp3) is 0.0645. The van der Waals surface area contributed by atoms with E-state index in [2.05, 4.69) is 238 Å². The molecule has 3 nitrogen and oxygen atoms in total. The molecule has 0 amide bonds. The Morgan fingerprint density at radius 3 is 1.32 bits per heavy atom. The first-order valence-corrected chi connectivity index (χ1v) is 22.4. The number of benzene rings is 9. The van der Waals surface area contributed by atoms with Crippen LogP contribution in [0.15, 0.2) is 231 Å². The third-order valence-electron chi connectivity index (χ3n) is 13.7. The summed E-state index contributed by atoms with van der Waals surface area (Å²) in [7, 11) is 0. The van der Waals surface area contributed by atoms with Crippen LogP contribution in [0.4, 0.5) is 0 Å². The van der Waals surface area contributed by atoms with Crippen LogP contribution >= 0.6 is 0 Å². The average Bonchev–Trinajstić information content (AvgIpc) is 3.38. The minimum atomic E-state index is -0.556. The first-order valence-electron chi connectivity index (χ1n) is 22.4. The maximum absolute atomic E-state index is 6.65. The molecule has 0 N–H and O–H groups in total. The van der Waals surface area contributed by atoms with Crippen molar-refractivity contribution in [2.45, 2.75) is 24.7 Å². The van der Waals surface area contributed by atoms with E-state index in [-0.39, 0.29) is 5.41 Å². The number of aromatic nitrogens is 2. The summed E-state index contributed by atoms with van der Waals surface area (Å²) < 4.78 is 6.65. The molecule has 0 bridgehead atoms. The molecule has 1 aliphatic carbocycles. The summed E-state index contributed by atoms with van der Waals surface area (Å²) in [6.07, 6.45) is 0. The highest BCUT2D eigenvalue weighted by Crippen LogP contribution is 2.61. The van der Waals surface area contributed by atoms with Gasteiger partial charge in [-0.2, -0.15) is 0 Å². The highest BCUT2D eigenvalue weighted by Gasteiger charge is 2.52. The zero-order valence-corrected chi connectivity index (χ0v) is 36.2. The van der Waals surface area contributed by atoms with E-state index in [9.17, 15) is 0 Å². The number of fused-ring (bicyclic) bond motifs is 8. The minimum absolute atomic E-state index is 0.282. The van der Waals surface area contributed by atoms with Gasteiger partial charge in [-0.15, -0.1) is 0 Å². The molecule has 3 heteroatoms. The topological polar surface area (TPSA) is 35.0 Å². The lowest BCUT2D eigenvalue weighted by atomic mass is 9.53. The number of hydrogen-bond acceptors (Lipinski definition) is 3. The number of ether oxygens (including phenoxy) is 1. The standard InChI is InChI=1S/C62H44N2O/c1-61(2)50-22-9-10-23-51(50)62(53-24-11-13-26-58(53)65-59-27-14-12-25-54(59)62)52-37-36-48(39-55(52)61)47-20-15-21-49(38-47)57-40-56(45-32-28-43(29-33-45)41-16-5-3-6-17-41)63-60(64-57)46-34-30-44(31-35-46)42-18-7-4-8-19-42/h3-40H,1-2H3. The second kappa shape index (κ2) is 15.3. The molecule has 1 aliphatic heterocycles. The Labute approximate surface area is 380 Å². The van der Waals surface area contributed by atoms with Gasteiger partial charge < -0.3 is 4.74 Å². The van der Waals surface area contributed by atoms with Gasteiger partial charge in [0.15, 0.2) is 5.82 Å². The van der Waals surface area contributed by atoms with Crippen molar-refractivity contribution >= 4 is 0 Å². The summed E-state index contributed by atoms with van der Waals surface area (Å²) in [5.74, 6) is 2.48. The van der Waals surface area contributed by atoms with Crippen LogP contribution in [0.3, 0.4) is 0 Å². The fourth-order valence-electron chi connectivity index (χ4n) is 10.4. The van der Waals surface area contributed by atoms with Gasteiger partial charge in [-0.3, -0.25) is 0 Å². The highest BCUT2D eigenvalue weighted by molar-refractivity contribution is 5.81. The maximum Gasteiger partial charge on any atom is 0.160 e. The molecule has 2 aliphatic rings. The van der Waals surface area contributed by atoms with Crippen molar-refractivity contribution in [1.82, 2.24) is 9.97 Å². The van der Waals surface area contributed by atoms with Crippen molar-refractivity contribution < 1.29 is 4.74 Å². The third kappa shape index (κ3) is 6.34. The number of rotatable bonds is 6. The van der Waals surface area contributed by atoms with Gasteiger partial charge in [0.1, 0.15) is 11.5 Å². The summed E-state index contributed by atoms with van der Waals surface area (Å²) in [6.45, 7) is 4.75. The smallest absolute Gasteiger partial charge is 0.160 e. The normalized spacial score (nSPS) is 13.8. The van der Waals surface area contributed by atoms with Crippen molar-refractivity contribution in [3.8, 4) is 78.8 Å². The van der Waals surface area contributed by atoms with Crippen LogP contribution in [0, 0.1) is 0 Å². The molecule has 0 saturated heterocycles. The largest absolute Gasteiger partial charge is 0.457 e. The lowest BCUT2D eigenvalue weighted by Crippen LogP contribution is -2.43. The Hall–Kier alpha value is -8.14. The zero-order chi connectivity index (χ0) is 43.5. The molecule has 0 saturated carbocycles. The summed E-state index contributed by atoms with van der Waals surface area (Å²) in [5.41, 5.74) is 18.4. The third-order valence-corrected chi connectivity index (χ3v) is 13.7. The van der Waals surface area contributed by atoms with Crippen LogP contribution in [0.1, 0.15) is 47.2 Å². The minimum Gasteiger partial charge on any atom is -0.457 e. The van der Waals surface area contributed by atoms with Crippen molar-refractivity contribution in [2.24, 2.45) is 0 Å². The second-order valence-electron chi connectivity index (χ2n) is 17.7. The van der Waals surface area contributed by atoms with Crippen molar-refractivity contribution in [2.75, 3.05) is 0 Å². The van der Waals surface area contributed by atoms with Crippen molar-refractivity contribution in [1.29, 1.82) is 0 Å². The molecule has 12 rings (SSSR count). The Bertz CT molecular complexity index is 3260. The van der Waals surface area contributed by atoms with Crippen molar-refractivity contribution in [3.05, 3.63) is 264 Å². The maximum atomic E-state index is 6.65. The number of hydrogen-bond donors (Lipinski definition) is 0. The van der Waals surface area contributed by atoms with Crippen LogP contribution in [-0.4, -0.2) is 9.97 Å². The van der Waals surface area contributed by atoms with Gasteiger partial charge in [-0.1, -0.05) is 214 Å². The van der Waals surface area contributed by atoms with Gasteiger partial charge >= 0.3 is 0 Å². The molecular formula is C62H44N2O. The molecule has 0 unspecified atom stereocenters. The van der Waals surface area contributed by atoms with Gasteiger partial charge in [0.25, 0.3) is 0 Å². The first-order chi connectivity index (χ1) is 31.9. The number of para-hydroxylation sites is 2. The predicted octanol–water partition coefficient (Wildman–Crippen LogP) is 15.6. The Morgan fingerprint density at radius 2 is 0.708 bits per heavy atom. The Balaban J connectivity index is 0.992. The SMILES string of the molecule is CC1(C)c2ccccc2C2(c3ccccc3Oc3ccccc32)c2ccc(-c3cccc(-c4cc(-c5ccc(-c6ccccc6)cc5)nc(-c5ccc(-c6ccccc6)cc5)n4)c3)cc21. The molecular weight excluding hydrogens is 789 g/mol. The van der Waals surface area contributed by atoms with E-state index in [1.807, 2.05) is 6.07 Å². The Morgan fingerprint density at radius 1 is 0.292 bits per heavy atom. The van der Waals surface area contributed by atoms with E-state index in [0.29, 0.717) is 5.82 Å². The van der Waals surface area contributed by atoms with Crippen molar-refractivity contribution in [3.63, 3.8) is 0 Å². The van der Waals surface area contributed by atoms with Crippen LogP contribution in [0.5, 0.6) is 11.5 Å². The number of nitrogens with zero attached hydrogens (tertiary/aromatic N) is 2. The molecule has 1 spiro atoms. The monoisotopic (exact) mass is 832 g/mol. The quantitative estimate of drug-likeness (QED) is 0.167. The summed E-state index contributed by atoms with van der Waals surface area (Å²) in [4.78, 5) is 10.5. The first kappa shape index (κ1) is 38.5. The van der Waals surface area contributed by atoms with Crippen LogP contribution < -0.4 is 4.74 Å². The molecule has 10 aromatic rings. The molecule has 2 heterocycles. The molecule has 9 aromatic carbocycles. The molecule has 65 heavy (non-hydrogen) atoms. The van der Waals surface area contributed by atoms with E-state index < -0.39 is 5.41 Å². The summed E-state index contributed by atoms with van der Waals surface area (Å²) in [5, 5.41) is 0. The molecule has 0 fully saturated rings. The van der Waals surface area contributed by atoms with E-state index in [1.165, 1.54) is 38.9 Å². The van der Waals surface area contributed by atoms with Gasteiger partial charge in [0.2, 0.25) is 0 Å². The summed E-state index contributed by atoms with van der Waals surface area (Å²) >= 11 is 0. The molecule has 1 aromatic heterocycles. The van der Waals surface area contributed by atoms with Gasteiger partial charge in [-0.05, 0) is 86.0 Å². The van der Waals surface area contributed by atoms with E-state index in [1.54, 1.807) is 0 Å². The summed E-state index contributed by atoms with van der Waals surface area (Å²) in [6, 6.07) is 82.5. The van der Waals surface area contributed by atoms with Gasteiger partial charge in [0.05, 0.1) is 16.8 Å². The van der Waals surface area contributed by atoms with E-state index in [0.717, 1.165) is 67.4 Å². The Kier molecular flexibility index (Phi) is 9.06. The lowest BCUT2D eigenvalue weighted by molar-refractivity contribution is 0.425. The second-order valence-corrected chi connectivity index (χ2v) is 17.7. The van der Waals surface area contributed by atoms with Crippen LogP contribution in [0.25, 0.3) is 67.3 Å². The molecule has 308 valence electrons. The van der Waals surface area contributed by atoms with Gasteiger partial charge in [0, 0.05) is 33.2 Å². The van der Waals surface area contributed by atoms with E-state index >= 15 is 0 Å². The van der Waals surface area contributed by atoms with Gasteiger partial charge in [-0.25, -0.2) is 9.97 Å². The van der Waals surface area contributed by atoms with Crippen LogP contribution in [-0.2, 0) is 10.8 Å². The molecule has 0 radical (unpaired) electrons. The predicted molar refractivity (Wildman–Crippen MR) is 265 cm³/mol. The lowest BCUT2D eigenvalue weighted by Gasteiger charge is -2.50. The van der Waals surface area contributed by atoms with E-state index in [4.69, 9.17) is 14.7 Å². The highest BCUT2D eigenvalue weighted by atomic mass is 16.5. The van der Waals surface area contributed by atoms with Crippen LogP contribution in [0.2, 0.25) is 0 Å². The molecule has 0 atom stereocenters. The average molecular weight is 833 g/mol. The fourth-order valence-corrected chi connectivity index (χ4v) is 10.4. The zero-order valence-electron chi connectivity index (χ0n) is 36.2.